The van der Waals surface area contributed by atoms with Crippen molar-refractivity contribution in [1.82, 2.24) is 29.1 Å². The number of fused-ring (bicyclic) bond motifs is 7. The van der Waals surface area contributed by atoms with Crippen LogP contribution < -0.4 is 0 Å². The van der Waals surface area contributed by atoms with Gasteiger partial charge in [0.25, 0.3) is 0 Å². The lowest BCUT2D eigenvalue weighted by Gasteiger charge is -2.11. The first kappa shape index (κ1) is 33.0. The molecule has 0 amide bonds. The summed E-state index contributed by atoms with van der Waals surface area (Å²) >= 11 is 0. The van der Waals surface area contributed by atoms with Crippen molar-refractivity contribution in [3.8, 4) is 56.9 Å². The summed E-state index contributed by atoms with van der Waals surface area (Å²) in [6.07, 6.45) is 0. The number of hydrogen-bond donors (Lipinski definition) is 0. The van der Waals surface area contributed by atoms with Gasteiger partial charge in [0.15, 0.2) is 17.5 Å². The Balaban J connectivity index is 1.11. The molecule has 0 saturated carbocycles. The molecule has 4 heterocycles. The lowest BCUT2D eigenvalue weighted by molar-refractivity contribution is 0.669. The zero-order valence-electron chi connectivity index (χ0n) is 31.6. The highest BCUT2D eigenvalue weighted by molar-refractivity contribution is 6.16. The molecule has 8 aromatic carbocycles. The number of furan rings is 1. The molecule has 7 nitrogen and oxygen atoms in total. The number of imidazole rings is 1. The van der Waals surface area contributed by atoms with Crippen LogP contribution in [0, 0.1) is 0 Å². The second kappa shape index (κ2) is 13.2. The molecule has 0 atom stereocenters. The zero-order chi connectivity index (χ0) is 38.9. The molecule has 0 bridgehead atoms. The minimum atomic E-state index is 0.563. The van der Waals surface area contributed by atoms with Gasteiger partial charge in [-0.25, -0.2) is 19.9 Å². The van der Waals surface area contributed by atoms with Crippen molar-refractivity contribution in [3.05, 3.63) is 194 Å². The van der Waals surface area contributed by atoms with Gasteiger partial charge in [0, 0.05) is 49.6 Å². The molecule has 0 aliphatic heterocycles. The summed E-state index contributed by atoms with van der Waals surface area (Å²) in [6.45, 7) is 0. The van der Waals surface area contributed by atoms with Gasteiger partial charge in [-0.05, 0) is 60.7 Å². The summed E-state index contributed by atoms with van der Waals surface area (Å²) < 4.78 is 11.4. The first-order valence-corrected chi connectivity index (χ1v) is 19.7. The summed E-state index contributed by atoms with van der Waals surface area (Å²) in [5, 5.41) is 4.10. The molecule has 0 aliphatic carbocycles. The molecule has 0 spiro atoms. The molecular formula is C52H32N6O. The van der Waals surface area contributed by atoms with Crippen LogP contribution in [-0.4, -0.2) is 29.1 Å². The minimum absolute atomic E-state index is 0.563. The van der Waals surface area contributed by atoms with Crippen molar-refractivity contribution in [2.45, 2.75) is 0 Å². The van der Waals surface area contributed by atoms with E-state index in [1.807, 2.05) is 60.7 Å². The normalized spacial score (nSPS) is 11.7. The lowest BCUT2D eigenvalue weighted by Crippen LogP contribution is -2.01. The van der Waals surface area contributed by atoms with Gasteiger partial charge in [0.05, 0.1) is 27.6 Å². The molecule has 12 rings (SSSR count). The predicted molar refractivity (Wildman–Crippen MR) is 238 cm³/mol. The molecule has 0 radical (unpaired) electrons. The third-order valence-electron chi connectivity index (χ3n) is 11.2. The fourth-order valence-corrected chi connectivity index (χ4v) is 8.65. The third kappa shape index (κ3) is 5.22. The maximum absolute atomic E-state index is 6.84. The Morgan fingerprint density at radius 2 is 0.898 bits per heavy atom. The second-order valence-corrected chi connectivity index (χ2v) is 14.6. The van der Waals surface area contributed by atoms with E-state index < -0.39 is 0 Å². The summed E-state index contributed by atoms with van der Waals surface area (Å²) in [5.41, 5.74) is 11.3. The Hall–Kier alpha value is -8.16. The Morgan fingerprint density at radius 1 is 0.356 bits per heavy atom. The van der Waals surface area contributed by atoms with Gasteiger partial charge in [0.1, 0.15) is 17.0 Å². The SMILES string of the molecule is c1ccc(-c2nc(-c3cccc4oc5c(-c6nc7ccccc7n6-c6ccccc6)cccc5c34)nc(-c3cccc4c3c3ccccc3n4-c3ccccc3)n2)cc1. The van der Waals surface area contributed by atoms with Gasteiger partial charge in [-0.2, -0.15) is 0 Å². The molecule has 276 valence electrons. The van der Waals surface area contributed by atoms with Crippen LogP contribution in [0.2, 0.25) is 0 Å². The molecule has 0 N–H and O–H groups in total. The average Bonchev–Trinajstić information content (AvgIpc) is 4.00. The minimum Gasteiger partial charge on any atom is -0.455 e. The topological polar surface area (TPSA) is 74.6 Å². The largest absolute Gasteiger partial charge is 0.455 e. The highest BCUT2D eigenvalue weighted by atomic mass is 16.3. The third-order valence-corrected chi connectivity index (χ3v) is 11.2. The van der Waals surface area contributed by atoms with Crippen molar-refractivity contribution in [1.29, 1.82) is 0 Å². The van der Waals surface area contributed by atoms with Crippen LogP contribution in [0.1, 0.15) is 0 Å². The Morgan fingerprint density at radius 3 is 1.66 bits per heavy atom. The number of aromatic nitrogens is 6. The van der Waals surface area contributed by atoms with E-state index in [0.29, 0.717) is 17.5 Å². The van der Waals surface area contributed by atoms with Crippen molar-refractivity contribution < 1.29 is 4.42 Å². The maximum atomic E-state index is 6.84. The van der Waals surface area contributed by atoms with Crippen molar-refractivity contribution in [3.63, 3.8) is 0 Å². The monoisotopic (exact) mass is 756 g/mol. The Labute approximate surface area is 338 Å². The first-order valence-electron chi connectivity index (χ1n) is 19.7. The summed E-state index contributed by atoms with van der Waals surface area (Å²) in [4.78, 5) is 21.0. The van der Waals surface area contributed by atoms with Crippen molar-refractivity contribution >= 4 is 54.8 Å². The fourth-order valence-electron chi connectivity index (χ4n) is 8.65. The van der Waals surface area contributed by atoms with E-state index in [1.165, 1.54) is 0 Å². The maximum Gasteiger partial charge on any atom is 0.164 e. The molecular weight excluding hydrogens is 725 g/mol. The van der Waals surface area contributed by atoms with E-state index in [2.05, 4.69) is 143 Å². The summed E-state index contributed by atoms with van der Waals surface area (Å²) in [7, 11) is 0. The molecule has 7 heteroatoms. The van der Waals surface area contributed by atoms with Crippen LogP contribution in [0.25, 0.3) is 112 Å². The van der Waals surface area contributed by atoms with Crippen molar-refractivity contribution in [2.75, 3.05) is 0 Å². The number of benzene rings is 8. The molecule has 0 aliphatic rings. The van der Waals surface area contributed by atoms with Crippen molar-refractivity contribution in [2.24, 2.45) is 0 Å². The zero-order valence-corrected chi connectivity index (χ0v) is 31.6. The molecule has 4 aromatic heterocycles. The number of rotatable bonds is 6. The molecule has 0 unspecified atom stereocenters. The van der Waals surface area contributed by atoms with E-state index in [1.54, 1.807) is 0 Å². The quantitative estimate of drug-likeness (QED) is 0.169. The molecule has 12 aromatic rings. The summed E-state index contributed by atoms with van der Waals surface area (Å²) in [5.74, 6) is 2.56. The van der Waals surface area contributed by atoms with Gasteiger partial charge in [-0.1, -0.05) is 133 Å². The highest BCUT2D eigenvalue weighted by Gasteiger charge is 2.24. The number of nitrogens with zero attached hydrogens (tertiary/aromatic N) is 6. The van der Waals surface area contributed by atoms with Gasteiger partial charge in [0.2, 0.25) is 0 Å². The van der Waals surface area contributed by atoms with Crippen LogP contribution in [0.3, 0.4) is 0 Å². The van der Waals surface area contributed by atoms with Crippen LogP contribution in [-0.2, 0) is 0 Å². The van der Waals surface area contributed by atoms with E-state index in [9.17, 15) is 0 Å². The Kier molecular flexibility index (Phi) is 7.40. The van der Waals surface area contributed by atoms with E-state index in [4.69, 9.17) is 24.4 Å². The van der Waals surface area contributed by atoms with Gasteiger partial charge in [-0.3, -0.25) is 4.57 Å². The molecule has 0 saturated heterocycles. The predicted octanol–water partition coefficient (Wildman–Crippen LogP) is 12.9. The van der Waals surface area contributed by atoms with E-state index in [0.717, 1.165) is 94.2 Å². The van der Waals surface area contributed by atoms with Gasteiger partial charge in [-0.15, -0.1) is 0 Å². The van der Waals surface area contributed by atoms with E-state index >= 15 is 0 Å². The highest BCUT2D eigenvalue weighted by Crippen LogP contribution is 2.42. The first-order chi connectivity index (χ1) is 29.3. The lowest BCUT2D eigenvalue weighted by atomic mass is 10.0. The van der Waals surface area contributed by atoms with Crippen LogP contribution >= 0.6 is 0 Å². The molecule has 59 heavy (non-hydrogen) atoms. The van der Waals surface area contributed by atoms with Gasteiger partial charge >= 0.3 is 0 Å². The van der Waals surface area contributed by atoms with Crippen LogP contribution in [0.15, 0.2) is 199 Å². The Bertz CT molecular complexity index is 3550. The van der Waals surface area contributed by atoms with Crippen LogP contribution in [0.4, 0.5) is 0 Å². The molecule has 0 fully saturated rings. The second-order valence-electron chi connectivity index (χ2n) is 14.6. The van der Waals surface area contributed by atoms with E-state index in [-0.39, 0.29) is 0 Å². The summed E-state index contributed by atoms with van der Waals surface area (Å²) in [6, 6.07) is 66.5. The van der Waals surface area contributed by atoms with Crippen LogP contribution in [0.5, 0.6) is 0 Å². The number of para-hydroxylation sites is 6. The standard InChI is InChI=1S/C52H32N6O/c1-4-17-33(18-5-1)49-54-50(38-25-15-31-44-46(38)36-23-10-12-29-42(36)57(44)34-19-6-2-7-20-34)56-51(55-49)39-26-16-32-45-47(39)37-24-14-27-40(48(37)59-45)52-53-41-28-11-13-30-43(41)58(52)35-21-8-3-9-22-35/h1-32H. The number of hydrogen-bond acceptors (Lipinski definition) is 5. The average molecular weight is 757 g/mol. The van der Waals surface area contributed by atoms with Gasteiger partial charge < -0.3 is 8.98 Å². The fraction of sp³-hybridized carbons (Fsp3) is 0. The smallest absolute Gasteiger partial charge is 0.164 e.